The van der Waals surface area contributed by atoms with Crippen LogP contribution in [0.2, 0.25) is 10.0 Å². The van der Waals surface area contributed by atoms with Gasteiger partial charge in [0.05, 0.1) is 31.7 Å². The first-order chi connectivity index (χ1) is 12.5. The maximum Gasteiger partial charge on any atom is 0.195 e. The lowest BCUT2D eigenvalue weighted by atomic mass is 10.2. The summed E-state index contributed by atoms with van der Waals surface area (Å²) in [6.45, 7) is 4.35. The topological polar surface area (TPSA) is 38.9 Å². The van der Waals surface area contributed by atoms with E-state index in [0.29, 0.717) is 16.7 Å². The molecule has 2 aromatic carbocycles. The van der Waals surface area contributed by atoms with Crippen molar-refractivity contribution in [1.29, 1.82) is 0 Å². The molecule has 0 bridgehead atoms. The predicted octanol–water partition coefficient (Wildman–Crippen LogP) is 6.11. The summed E-state index contributed by atoms with van der Waals surface area (Å²) in [6, 6.07) is 13.5. The lowest BCUT2D eigenvalue weighted by Crippen LogP contribution is -1.98. The van der Waals surface area contributed by atoms with Crippen LogP contribution < -0.4 is 0 Å². The van der Waals surface area contributed by atoms with Gasteiger partial charge >= 0.3 is 0 Å². The second-order valence-corrected chi connectivity index (χ2v) is 7.73. The fourth-order valence-electron chi connectivity index (χ4n) is 2.87. The van der Waals surface area contributed by atoms with E-state index in [2.05, 4.69) is 27.5 Å². The Bertz CT molecular complexity index is 1150. The second-order valence-electron chi connectivity index (χ2n) is 5.93. The molecule has 0 spiro atoms. The van der Waals surface area contributed by atoms with Gasteiger partial charge in [0.15, 0.2) is 4.96 Å². The highest BCUT2D eigenvalue weighted by Crippen LogP contribution is 2.28. The summed E-state index contributed by atoms with van der Waals surface area (Å²) < 4.78 is 2.16. The molecule has 7 heteroatoms. The van der Waals surface area contributed by atoms with E-state index in [-0.39, 0.29) is 0 Å². The van der Waals surface area contributed by atoms with Gasteiger partial charge < -0.3 is 4.84 Å². The Labute approximate surface area is 164 Å². The largest absolute Gasteiger partial charge is 0.391 e. The van der Waals surface area contributed by atoms with Gasteiger partial charge in [-0.2, -0.15) is 0 Å². The van der Waals surface area contributed by atoms with Gasteiger partial charge in [-0.1, -0.05) is 57.9 Å². The fraction of sp³-hybridized carbons (Fsp3) is 0.158. The van der Waals surface area contributed by atoms with Crippen molar-refractivity contribution in [2.45, 2.75) is 20.5 Å². The Balaban J connectivity index is 1.59. The highest BCUT2D eigenvalue weighted by molar-refractivity contribution is 7.19. The molecule has 0 unspecified atom stereocenters. The lowest BCUT2D eigenvalue weighted by molar-refractivity contribution is 0.130. The predicted molar refractivity (Wildman–Crippen MR) is 109 cm³/mol. The van der Waals surface area contributed by atoms with Crippen LogP contribution in [-0.4, -0.2) is 15.1 Å². The van der Waals surface area contributed by atoms with E-state index in [4.69, 9.17) is 28.0 Å². The average Bonchev–Trinajstić information content (AvgIpc) is 3.15. The van der Waals surface area contributed by atoms with Gasteiger partial charge in [0.1, 0.15) is 6.61 Å². The van der Waals surface area contributed by atoms with Gasteiger partial charge in [0.25, 0.3) is 0 Å². The molecule has 2 aromatic heterocycles. The van der Waals surface area contributed by atoms with Crippen LogP contribution in [0.3, 0.4) is 0 Å². The van der Waals surface area contributed by atoms with Crippen LogP contribution in [0.1, 0.15) is 23.1 Å². The molecular formula is C19H15Cl2N3OS. The highest BCUT2D eigenvalue weighted by atomic mass is 35.5. The number of halogens is 2. The summed E-state index contributed by atoms with van der Waals surface area (Å²) in [7, 11) is 0. The van der Waals surface area contributed by atoms with Crippen molar-refractivity contribution in [1.82, 2.24) is 9.38 Å². The third-order valence-electron chi connectivity index (χ3n) is 4.13. The molecule has 0 amide bonds. The Kier molecular flexibility index (Phi) is 4.61. The van der Waals surface area contributed by atoms with Gasteiger partial charge in [-0.15, -0.1) is 0 Å². The molecule has 0 N–H and O–H groups in total. The third-order valence-corrected chi connectivity index (χ3v) is 6.12. The molecule has 132 valence electrons. The number of aromatic nitrogens is 2. The molecule has 0 aliphatic heterocycles. The van der Waals surface area contributed by atoms with Gasteiger partial charge in [0.2, 0.25) is 0 Å². The van der Waals surface area contributed by atoms with Crippen molar-refractivity contribution in [3.63, 3.8) is 0 Å². The normalized spacial score (nSPS) is 12.2. The van der Waals surface area contributed by atoms with E-state index in [1.165, 1.54) is 0 Å². The zero-order valence-electron chi connectivity index (χ0n) is 14.2. The number of benzene rings is 2. The number of rotatable bonds is 4. The van der Waals surface area contributed by atoms with E-state index < -0.39 is 0 Å². The van der Waals surface area contributed by atoms with Crippen LogP contribution in [0.25, 0.3) is 16.0 Å². The SMILES string of the molecule is C/C(=N\OCc1ccc(Cl)c(Cl)c1)c1sc2nc3ccccc3n2c1C. The van der Waals surface area contributed by atoms with Crippen molar-refractivity contribution in [2.24, 2.45) is 5.16 Å². The van der Waals surface area contributed by atoms with E-state index >= 15 is 0 Å². The molecule has 0 radical (unpaired) electrons. The monoisotopic (exact) mass is 403 g/mol. The molecule has 0 fully saturated rings. The van der Waals surface area contributed by atoms with Crippen molar-refractivity contribution in [3.05, 3.63) is 68.6 Å². The molecule has 0 saturated heterocycles. The maximum atomic E-state index is 6.02. The Hall–Kier alpha value is -2.08. The average molecular weight is 404 g/mol. The maximum absolute atomic E-state index is 6.02. The van der Waals surface area contributed by atoms with Gasteiger partial charge in [-0.05, 0) is 43.7 Å². The number of aryl methyl sites for hydroxylation is 1. The smallest absolute Gasteiger partial charge is 0.195 e. The number of nitrogens with zero attached hydrogens (tertiary/aromatic N) is 3. The van der Waals surface area contributed by atoms with Crippen LogP contribution >= 0.6 is 34.5 Å². The number of imidazole rings is 1. The van der Waals surface area contributed by atoms with Crippen LogP contribution in [0.4, 0.5) is 0 Å². The number of para-hydroxylation sites is 2. The summed E-state index contributed by atoms with van der Waals surface area (Å²) in [6.07, 6.45) is 0. The van der Waals surface area contributed by atoms with Crippen molar-refractivity contribution >= 4 is 56.2 Å². The Morgan fingerprint density at radius 2 is 2.00 bits per heavy atom. The number of thiazole rings is 1. The summed E-state index contributed by atoms with van der Waals surface area (Å²) in [4.78, 5) is 12.2. The summed E-state index contributed by atoms with van der Waals surface area (Å²) in [5, 5.41) is 5.30. The first-order valence-corrected chi connectivity index (χ1v) is 9.59. The third kappa shape index (κ3) is 3.07. The first kappa shape index (κ1) is 17.3. The quantitative estimate of drug-likeness (QED) is 0.304. The molecular weight excluding hydrogens is 389 g/mol. The van der Waals surface area contributed by atoms with Crippen molar-refractivity contribution in [2.75, 3.05) is 0 Å². The van der Waals surface area contributed by atoms with Crippen LogP contribution in [0.15, 0.2) is 47.6 Å². The summed E-state index contributed by atoms with van der Waals surface area (Å²) >= 11 is 13.6. The summed E-state index contributed by atoms with van der Waals surface area (Å²) in [5.74, 6) is 0. The second kappa shape index (κ2) is 6.91. The summed E-state index contributed by atoms with van der Waals surface area (Å²) in [5.41, 5.74) is 4.95. The zero-order valence-corrected chi connectivity index (χ0v) is 16.5. The van der Waals surface area contributed by atoms with Crippen molar-refractivity contribution < 1.29 is 4.84 Å². The molecule has 4 aromatic rings. The fourth-order valence-corrected chi connectivity index (χ4v) is 4.27. The van der Waals surface area contributed by atoms with Gasteiger partial charge in [-0.25, -0.2) is 4.98 Å². The van der Waals surface area contributed by atoms with E-state index in [0.717, 1.165) is 37.8 Å². The molecule has 26 heavy (non-hydrogen) atoms. The zero-order chi connectivity index (χ0) is 18.3. The number of fused-ring (bicyclic) bond motifs is 3. The molecule has 0 aliphatic rings. The number of hydrogen-bond donors (Lipinski definition) is 0. The molecule has 4 rings (SSSR count). The first-order valence-electron chi connectivity index (χ1n) is 8.02. The van der Waals surface area contributed by atoms with Crippen molar-refractivity contribution in [3.8, 4) is 0 Å². The molecule has 0 saturated carbocycles. The van der Waals surface area contributed by atoms with Gasteiger partial charge in [-0.3, -0.25) is 4.40 Å². The minimum Gasteiger partial charge on any atom is -0.391 e. The number of hydrogen-bond acceptors (Lipinski definition) is 4. The van der Waals surface area contributed by atoms with Crippen LogP contribution in [-0.2, 0) is 11.4 Å². The minimum atomic E-state index is 0.332. The van der Waals surface area contributed by atoms with E-state index in [1.54, 1.807) is 23.5 Å². The molecule has 0 atom stereocenters. The minimum absolute atomic E-state index is 0.332. The van der Waals surface area contributed by atoms with E-state index in [9.17, 15) is 0 Å². The molecule has 2 heterocycles. The van der Waals surface area contributed by atoms with Crippen LogP contribution in [0, 0.1) is 6.92 Å². The Morgan fingerprint density at radius 1 is 1.19 bits per heavy atom. The molecule has 0 aliphatic carbocycles. The highest BCUT2D eigenvalue weighted by Gasteiger charge is 2.15. The van der Waals surface area contributed by atoms with Crippen LogP contribution in [0.5, 0.6) is 0 Å². The van der Waals surface area contributed by atoms with Gasteiger partial charge in [0, 0.05) is 5.69 Å². The lowest BCUT2D eigenvalue weighted by Gasteiger charge is -2.04. The molecule has 4 nitrogen and oxygen atoms in total. The Morgan fingerprint density at radius 3 is 2.81 bits per heavy atom. The number of oxime groups is 1. The van der Waals surface area contributed by atoms with E-state index in [1.807, 2.05) is 31.2 Å². The standard InChI is InChI=1S/C19H15Cl2N3OS/c1-11(23-25-10-13-7-8-14(20)15(21)9-13)18-12(2)24-17-6-4-3-5-16(17)22-19(24)26-18/h3-9H,10H2,1-2H3/b23-11+.